The number of benzene rings is 1. The molecule has 0 radical (unpaired) electrons. The van der Waals surface area contributed by atoms with Gasteiger partial charge in [0.25, 0.3) is 5.91 Å². The van der Waals surface area contributed by atoms with Crippen LogP contribution in [0.5, 0.6) is 0 Å². The first-order valence-electron chi connectivity index (χ1n) is 8.74. The third-order valence-corrected chi connectivity index (χ3v) is 4.41. The normalized spacial score (nSPS) is 10.9. The summed E-state index contributed by atoms with van der Waals surface area (Å²) in [5.74, 6) is -0.192. The molecule has 136 valence electrons. The zero-order valence-corrected chi connectivity index (χ0v) is 15.6. The van der Waals surface area contributed by atoms with Crippen LogP contribution in [-0.2, 0) is 6.42 Å². The van der Waals surface area contributed by atoms with E-state index in [1.54, 1.807) is 6.92 Å². The second-order valence-corrected chi connectivity index (χ2v) is 6.59. The van der Waals surface area contributed by atoms with E-state index in [0.29, 0.717) is 17.9 Å². The van der Waals surface area contributed by atoms with E-state index in [1.807, 2.05) is 39.1 Å². The Morgan fingerprint density at radius 2 is 2.00 bits per heavy atom. The fourth-order valence-corrected chi connectivity index (χ4v) is 2.92. The molecular weight excluding hydrogens is 328 g/mol. The monoisotopic (exact) mass is 352 g/mol. The molecule has 0 unspecified atom stereocenters. The molecule has 0 saturated heterocycles. The highest BCUT2D eigenvalue weighted by molar-refractivity contribution is 5.93. The number of H-pyrrole nitrogens is 1. The lowest BCUT2D eigenvalue weighted by molar-refractivity contribution is 0.0947. The summed E-state index contributed by atoms with van der Waals surface area (Å²) >= 11 is 0. The third kappa shape index (κ3) is 3.82. The van der Waals surface area contributed by atoms with Gasteiger partial charge >= 0.3 is 0 Å². The molecule has 3 aromatic rings. The highest BCUT2D eigenvalue weighted by Crippen LogP contribution is 2.15. The molecule has 0 atom stereocenters. The van der Waals surface area contributed by atoms with E-state index < -0.39 is 0 Å². The van der Waals surface area contributed by atoms with Crippen molar-refractivity contribution in [3.63, 3.8) is 0 Å². The average Bonchev–Trinajstić information content (AvgIpc) is 3.17. The number of nitrogens with zero attached hydrogens (tertiary/aromatic N) is 4. The summed E-state index contributed by atoms with van der Waals surface area (Å²) in [7, 11) is 0. The van der Waals surface area contributed by atoms with Crippen LogP contribution < -0.4 is 5.32 Å². The molecule has 3 rings (SSSR count). The molecule has 1 aromatic carbocycles. The highest BCUT2D eigenvalue weighted by Gasteiger charge is 2.16. The Balaban J connectivity index is 1.63. The van der Waals surface area contributed by atoms with Gasteiger partial charge in [-0.1, -0.05) is 17.7 Å². The predicted molar refractivity (Wildman–Crippen MR) is 99.5 cm³/mol. The summed E-state index contributed by atoms with van der Waals surface area (Å²) in [4.78, 5) is 14.0. The molecular formula is C19H24N6O. The molecule has 0 saturated carbocycles. The third-order valence-electron chi connectivity index (χ3n) is 4.41. The van der Waals surface area contributed by atoms with Crippen LogP contribution in [0.25, 0.3) is 5.69 Å². The van der Waals surface area contributed by atoms with Crippen LogP contribution in [0.4, 0.5) is 0 Å². The van der Waals surface area contributed by atoms with Gasteiger partial charge in [-0.05, 0) is 57.7 Å². The van der Waals surface area contributed by atoms with Gasteiger partial charge in [0.05, 0.1) is 17.6 Å². The second-order valence-electron chi connectivity index (χ2n) is 6.59. The fourth-order valence-electron chi connectivity index (χ4n) is 2.92. The van der Waals surface area contributed by atoms with Gasteiger partial charge in [0.2, 0.25) is 0 Å². The molecule has 7 nitrogen and oxygen atoms in total. The van der Waals surface area contributed by atoms with Crippen LogP contribution >= 0.6 is 0 Å². The molecule has 0 fully saturated rings. The van der Waals surface area contributed by atoms with Crippen LogP contribution in [0, 0.1) is 27.7 Å². The molecule has 0 aliphatic rings. The second kappa shape index (κ2) is 7.51. The average molecular weight is 352 g/mol. The van der Waals surface area contributed by atoms with E-state index in [4.69, 9.17) is 0 Å². The van der Waals surface area contributed by atoms with E-state index >= 15 is 0 Å². The molecule has 2 N–H and O–H groups in total. The zero-order valence-electron chi connectivity index (χ0n) is 15.6. The maximum Gasteiger partial charge on any atom is 0.273 e. The van der Waals surface area contributed by atoms with Crippen LogP contribution in [-0.4, -0.2) is 37.6 Å². The van der Waals surface area contributed by atoms with Crippen LogP contribution in [0.15, 0.2) is 24.4 Å². The van der Waals surface area contributed by atoms with E-state index in [-0.39, 0.29) is 5.91 Å². The number of hydrogen-bond donors (Lipinski definition) is 2. The Bertz CT molecular complexity index is 924. The number of aromatic amines is 1. The van der Waals surface area contributed by atoms with Gasteiger partial charge < -0.3 is 5.32 Å². The first-order chi connectivity index (χ1) is 12.5. The molecule has 0 aliphatic carbocycles. The van der Waals surface area contributed by atoms with Gasteiger partial charge in [-0.3, -0.25) is 9.89 Å². The minimum Gasteiger partial charge on any atom is -0.351 e. The van der Waals surface area contributed by atoms with Crippen molar-refractivity contribution < 1.29 is 4.79 Å². The minimum atomic E-state index is -0.192. The molecule has 1 amide bonds. The van der Waals surface area contributed by atoms with Gasteiger partial charge in [0, 0.05) is 12.2 Å². The number of aryl methyl sites for hydroxylation is 5. The van der Waals surface area contributed by atoms with Crippen molar-refractivity contribution in [1.29, 1.82) is 0 Å². The van der Waals surface area contributed by atoms with Crippen molar-refractivity contribution in [1.82, 2.24) is 30.5 Å². The molecule has 2 aromatic heterocycles. The lowest BCUT2D eigenvalue weighted by Crippen LogP contribution is -2.26. The van der Waals surface area contributed by atoms with Crippen molar-refractivity contribution >= 4 is 5.91 Å². The Labute approximate surface area is 152 Å². The fraction of sp³-hybridized carbons (Fsp3) is 0.368. The van der Waals surface area contributed by atoms with Crippen molar-refractivity contribution in [3.8, 4) is 5.69 Å². The predicted octanol–water partition coefficient (Wildman–Crippen LogP) is 2.59. The van der Waals surface area contributed by atoms with Crippen LogP contribution in [0.1, 0.15) is 45.0 Å². The smallest absolute Gasteiger partial charge is 0.273 e. The Morgan fingerprint density at radius 3 is 2.69 bits per heavy atom. The molecule has 26 heavy (non-hydrogen) atoms. The van der Waals surface area contributed by atoms with E-state index in [0.717, 1.165) is 29.8 Å². The lowest BCUT2D eigenvalue weighted by atomic mass is 10.1. The standard InChI is InChI=1S/C19H24N6O/c1-12-7-8-17(13(2)10-12)25-23-15(4)18(24-25)19(26)20-9-5-6-16-11-21-22-14(16)3/h7-8,10-11H,5-6,9H2,1-4H3,(H,20,26)(H,21,22). The SMILES string of the molecule is Cc1ccc(-n2nc(C)c(C(=O)NCCCc3cn[nH]c3C)n2)c(C)c1. The Kier molecular flexibility index (Phi) is 5.16. The molecule has 0 aliphatic heterocycles. The number of hydrogen-bond acceptors (Lipinski definition) is 4. The minimum absolute atomic E-state index is 0.192. The highest BCUT2D eigenvalue weighted by atomic mass is 16.2. The van der Waals surface area contributed by atoms with E-state index in [2.05, 4.69) is 31.8 Å². The maximum absolute atomic E-state index is 12.4. The van der Waals surface area contributed by atoms with Gasteiger partial charge in [0.1, 0.15) is 0 Å². The van der Waals surface area contributed by atoms with Crippen molar-refractivity contribution in [2.75, 3.05) is 6.54 Å². The summed E-state index contributed by atoms with van der Waals surface area (Å²) in [5.41, 5.74) is 6.37. The summed E-state index contributed by atoms with van der Waals surface area (Å²) in [5, 5.41) is 18.6. The van der Waals surface area contributed by atoms with E-state index in [9.17, 15) is 4.79 Å². The van der Waals surface area contributed by atoms with Crippen LogP contribution in [0.3, 0.4) is 0 Å². The summed E-state index contributed by atoms with van der Waals surface area (Å²) < 4.78 is 0. The van der Waals surface area contributed by atoms with Crippen LogP contribution in [0.2, 0.25) is 0 Å². The quantitative estimate of drug-likeness (QED) is 0.668. The topological polar surface area (TPSA) is 88.5 Å². The molecule has 2 heterocycles. The van der Waals surface area contributed by atoms with Crippen molar-refractivity contribution in [2.24, 2.45) is 0 Å². The number of nitrogens with one attached hydrogen (secondary N) is 2. The number of carbonyl (C=O) groups excluding carboxylic acids is 1. The molecule has 0 bridgehead atoms. The van der Waals surface area contributed by atoms with Crippen molar-refractivity contribution in [2.45, 2.75) is 40.5 Å². The lowest BCUT2D eigenvalue weighted by Gasteiger charge is -2.05. The van der Waals surface area contributed by atoms with Gasteiger partial charge in [-0.25, -0.2) is 0 Å². The molecule has 7 heteroatoms. The zero-order chi connectivity index (χ0) is 18.7. The van der Waals surface area contributed by atoms with E-state index in [1.165, 1.54) is 15.9 Å². The Morgan fingerprint density at radius 1 is 1.19 bits per heavy atom. The largest absolute Gasteiger partial charge is 0.351 e. The van der Waals surface area contributed by atoms with Gasteiger partial charge in [-0.15, -0.1) is 5.10 Å². The number of carbonyl (C=O) groups is 1. The van der Waals surface area contributed by atoms with Gasteiger partial charge in [-0.2, -0.15) is 15.0 Å². The summed E-state index contributed by atoms with van der Waals surface area (Å²) in [6, 6.07) is 6.06. The van der Waals surface area contributed by atoms with Crippen molar-refractivity contribution in [3.05, 3.63) is 58.2 Å². The van der Waals surface area contributed by atoms with Gasteiger partial charge in [0.15, 0.2) is 5.69 Å². The number of amides is 1. The first kappa shape index (κ1) is 17.8. The Hall–Kier alpha value is -2.96. The molecule has 0 spiro atoms. The summed E-state index contributed by atoms with van der Waals surface area (Å²) in [6.07, 6.45) is 3.55. The maximum atomic E-state index is 12.4. The first-order valence-corrected chi connectivity index (χ1v) is 8.74. The number of aromatic nitrogens is 5. The number of rotatable bonds is 6. The summed E-state index contributed by atoms with van der Waals surface area (Å²) in [6.45, 7) is 8.44.